The molecule has 2 heteroatoms. The molecular weight excluding hydrogens is 309 g/mol. The Hall–Kier alpha value is -1.93. The van der Waals surface area contributed by atoms with Crippen molar-refractivity contribution in [2.24, 2.45) is 0 Å². The number of halogens is 1. The Morgan fingerprint density at radius 2 is 1.76 bits per heavy atom. The van der Waals surface area contributed by atoms with Crippen molar-refractivity contribution >= 4 is 5.57 Å². The maximum atomic E-state index is 14.0. The van der Waals surface area contributed by atoms with E-state index >= 15 is 0 Å². The molecule has 2 unspecified atom stereocenters. The average molecular weight is 335 g/mol. The van der Waals surface area contributed by atoms with E-state index in [4.69, 9.17) is 0 Å². The molecule has 0 aliphatic carbocycles. The number of hydrogen-bond acceptors (Lipinski definition) is 1. The molecule has 2 bridgehead atoms. The maximum absolute atomic E-state index is 14.0. The summed E-state index contributed by atoms with van der Waals surface area (Å²) in [5.74, 6) is -0.0638. The fourth-order valence-corrected chi connectivity index (χ4v) is 4.50. The van der Waals surface area contributed by atoms with Crippen molar-refractivity contribution in [3.63, 3.8) is 0 Å². The second-order valence-electron chi connectivity index (χ2n) is 7.63. The summed E-state index contributed by atoms with van der Waals surface area (Å²) in [7, 11) is 0. The molecule has 0 amide bonds. The summed E-state index contributed by atoms with van der Waals surface area (Å²) in [5.41, 5.74) is 5.53. The topological polar surface area (TPSA) is 3.24 Å². The zero-order valence-electron chi connectivity index (χ0n) is 15.1. The van der Waals surface area contributed by atoms with Crippen LogP contribution >= 0.6 is 0 Å². The molecule has 2 aliphatic rings. The van der Waals surface area contributed by atoms with Gasteiger partial charge in [-0.2, -0.15) is 0 Å². The molecule has 0 radical (unpaired) electrons. The molecule has 1 saturated heterocycles. The highest BCUT2D eigenvalue weighted by atomic mass is 19.1. The Kier molecular flexibility index (Phi) is 4.47. The summed E-state index contributed by atoms with van der Waals surface area (Å²) in [4.78, 5) is 2.67. The fourth-order valence-electron chi connectivity index (χ4n) is 4.50. The molecule has 0 N–H and O–H groups in total. The van der Waals surface area contributed by atoms with E-state index < -0.39 is 0 Å². The molecule has 0 saturated carbocycles. The maximum Gasteiger partial charge on any atom is 0.129 e. The molecule has 1 nitrogen and oxygen atoms in total. The number of piperidine rings is 1. The van der Waals surface area contributed by atoms with Crippen LogP contribution in [0.5, 0.6) is 0 Å². The zero-order valence-corrected chi connectivity index (χ0v) is 15.1. The van der Waals surface area contributed by atoms with Crippen molar-refractivity contribution < 1.29 is 4.39 Å². The minimum absolute atomic E-state index is 0.0638. The van der Waals surface area contributed by atoms with Crippen molar-refractivity contribution in [1.82, 2.24) is 4.90 Å². The quantitative estimate of drug-likeness (QED) is 0.700. The van der Waals surface area contributed by atoms with Crippen LogP contribution in [0.3, 0.4) is 0 Å². The molecule has 2 aromatic carbocycles. The van der Waals surface area contributed by atoms with Crippen molar-refractivity contribution in [2.45, 2.75) is 58.2 Å². The number of hydrogen-bond donors (Lipinski definition) is 0. The lowest BCUT2D eigenvalue weighted by molar-refractivity contribution is 0.0951. The third kappa shape index (κ3) is 3.28. The molecular formula is C23H26FN. The number of aryl methyl sites for hydroxylation is 2. The van der Waals surface area contributed by atoms with Gasteiger partial charge in [-0.25, -0.2) is 4.39 Å². The van der Waals surface area contributed by atoms with Gasteiger partial charge in [0.15, 0.2) is 0 Å². The largest absolute Gasteiger partial charge is 0.289 e. The molecule has 1 fully saturated rings. The molecule has 25 heavy (non-hydrogen) atoms. The van der Waals surface area contributed by atoms with E-state index in [0.717, 1.165) is 24.1 Å². The first-order chi connectivity index (χ1) is 12.1. The average Bonchev–Trinajstić information content (AvgIpc) is 2.60. The van der Waals surface area contributed by atoms with Crippen LogP contribution in [0, 0.1) is 19.7 Å². The summed E-state index contributed by atoms with van der Waals surface area (Å²) >= 11 is 0. The van der Waals surface area contributed by atoms with Gasteiger partial charge in [-0.1, -0.05) is 42.8 Å². The standard InChI is InChI=1S/C23H26FN/c1-16-11-19(12-17(2)23(16)24)20-13-21-9-6-10-22(14-20)25(21)15-18-7-4-3-5-8-18/h3-5,7-8,11-13,21-22H,6,9-10,14-15H2,1-2H3. The number of nitrogens with zero attached hydrogens (tertiary/aromatic N) is 1. The van der Waals surface area contributed by atoms with Gasteiger partial charge in [-0.15, -0.1) is 0 Å². The molecule has 130 valence electrons. The minimum Gasteiger partial charge on any atom is -0.289 e. The van der Waals surface area contributed by atoms with Gasteiger partial charge < -0.3 is 0 Å². The highest BCUT2D eigenvalue weighted by Crippen LogP contribution is 2.38. The lowest BCUT2D eigenvalue weighted by Gasteiger charge is -2.45. The van der Waals surface area contributed by atoms with Gasteiger partial charge in [0.05, 0.1) is 0 Å². The van der Waals surface area contributed by atoms with Crippen molar-refractivity contribution in [3.05, 3.63) is 76.6 Å². The molecule has 2 aromatic rings. The van der Waals surface area contributed by atoms with Crippen LogP contribution in [-0.4, -0.2) is 17.0 Å². The summed E-state index contributed by atoms with van der Waals surface area (Å²) in [6.45, 7) is 4.77. The minimum atomic E-state index is -0.0638. The van der Waals surface area contributed by atoms with Gasteiger partial charge in [0.1, 0.15) is 5.82 Å². The van der Waals surface area contributed by atoms with E-state index in [0.29, 0.717) is 12.1 Å². The van der Waals surface area contributed by atoms with Crippen LogP contribution in [0.15, 0.2) is 48.5 Å². The Morgan fingerprint density at radius 3 is 2.44 bits per heavy atom. The zero-order chi connectivity index (χ0) is 17.4. The molecule has 0 spiro atoms. The van der Waals surface area contributed by atoms with Crippen LogP contribution in [0.25, 0.3) is 5.57 Å². The van der Waals surface area contributed by atoms with Gasteiger partial charge in [-0.3, -0.25) is 4.90 Å². The lowest BCUT2D eigenvalue weighted by atomic mass is 9.82. The monoisotopic (exact) mass is 335 g/mol. The fraction of sp³-hybridized carbons (Fsp3) is 0.391. The van der Waals surface area contributed by atoms with Crippen LogP contribution < -0.4 is 0 Å². The van der Waals surface area contributed by atoms with Crippen LogP contribution in [0.1, 0.15) is 47.9 Å². The molecule has 2 atom stereocenters. The second-order valence-corrected chi connectivity index (χ2v) is 7.63. The van der Waals surface area contributed by atoms with Gasteiger partial charge in [-0.05, 0) is 73.1 Å². The number of rotatable bonds is 3. The Labute approximate surface area is 150 Å². The van der Waals surface area contributed by atoms with E-state index in [-0.39, 0.29) is 5.82 Å². The molecule has 2 heterocycles. The van der Waals surface area contributed by atoms with Gasteiger partial charge >= 0.3 is 0 Å². The first kappa shape index (κ1) is 16.5. The number of benzene rings is 2. The Balaban J connectivity index is 1.63. The highest BCUT2D eigenvalue weighted by Gasteiger charge is 2.34. The predicted octanol–water partition coefficient (Wildman–Crippen LogP) is 5.65. The first-order valence-corrected chi connectivity index (χ1v) is 9.39. The van der Waals surface area contributed by atoms with Gasteiger partial charge in [0.2, 0.25) is 0 Å². The highest BCUT2D eigenvalue weighted by molar-refractivity contribution is 5.69. The summed E-state index contributed by atoms with van der Waals surface area (Å²) in [6.07, 6.45) is 7.33. The van der Waals surface area contributed by atoms with E-state index in [9.17, 15) is 4.39 Å². The van der Waals surface area contributed by atoms with Gasteiger partial charge in [0.25, 0.3) is 0 Å². The Bertz CT molecular complexity index is 770. The molecule has 4 rings (SSSR count). The normalized spacial score (nSPS) is 23.4. The predicted molar refractivity (Wildman–Crippen MR) is 102 cm³/mol. The molecule has 0 aromatic heterocycles. The van der Waals surface area contributed by atoms with Crippen molar-refractivity contribution in [3.8, 4) is 0 Å². The summed E-state index contributed by atoms with van der Waals surface area (Å²) < 4.78 is 14.0. The van der Waals surface area contributed by atoms with E-state index in [1.807, 2.05) is 26.0 Å². The van der Waals surface area contributed by atoms with Gasteiger partial charge in [0, 0.05) is 18.6 Å². The second kappa shape index (κ2) is 6.76. The third-order valence-electron chi connectivity index (χ3n) is 5.80. The van der Waals surface area contributed by atoms with Crippen LogP contribution in [0.2, 0.25) is 0 Å². The summed E-state index contributed by atoms with van der Waals surface area (Å²) in [5, 5.41) is 0. The Morgan fingerprint density at radius 1 is 1.04 bits per heavy atom. The lowest BCUT2D eigenvalue weighted by Crippen LogP contribution is -2.47. The van der Waals surface area contributed by atoms with E-state index in [2.05, 4.69) is 41.3 Å². The van der Waals surface area contributed by atoms with E-state index in [1.54, 1.807) is 0 Å². The van der Waals surface area contributed by atoms with E-state index in [1.165, 1.54) is 36.0 Å². The number of fused-ring (bicyclic) bond motifs is 2. The van der Waals surface area contributed by atoms with Crippen LogP contribution in [0.4, 0.5) is 4.39 Å². The van der Waals surface area contributed by atoms with Crippen molar-refractivity contribution in [2.75, 3.05) is 0 Å². The smallest absolute Gasteiger partial charge is 0.129 e. The SMILES string of the molecule is Cc1cc(C2=CC3CCCC(C2)N3Cc2ccccc2)cc(C)c1F. The first-order valence-electron chi connectivity index (χ1n) is 9.39. The van der Waals surface area contributed by atoms with Crippen molar-refractivity contribution in [1.29, 1.82) is 0 Å². The summed E-state index contributed by atoms with van der Waals surface area (Å²) in [6, 6.07) is 15.9. The third-order valence-corrected chi connectivity index (χ3v) is 5.80. The molecule has 2 aliphatic heterocycles. The van der Waals surface area contributed by atoms with Crippen LogP contribution in [-0.2, 0) is 6.54 Å².